The van der Waals surface area contributed by atoms with Crippen molar-refractivity contribution in [1.82, 2.24) is 9.97 Å². The Kier molecular flexibility index (Phi) is 4.88. The van der Waals surface area contributed by atoms with Crippen molar-refractivity contribution >= 4 is 33.4 Å². The Bertz CT molecular complexity index is 653. The van der Waals surface area contributed by atoms with E-state index in [1.54, 1.807) is 0 Å². The number of ether oxygens (including phenoxy) is 1. The number of nitrogens with one attached hydrogen (secondary N) is 1. The maximum atomic E-state index is 10.6. The van der Waals surface area contributed by atoms with E-state index in [-0.39, 0.29) is 17.5 Å². The van der Waals surface area contributed by atoms with Crippen LogP contribution in [0.25, 0.3) is 0 Å². The predicted octanol–water partition coefficient (Wildman–Crippen LogP) is 2.22. The van der Waals surface area contributed by atoms with Crippen molar-refractivity contribution in [3.8, 4) is 5.75 Å². The zero-order valence-electron chi connectivity index (χ0n) is 10.8. The third kappa shape index (κ3) is 4.28. The fourth-order valence-corrected chi connectivity index (χ4v) is 1.88. The molecule has 9 heteroatoms. The number of nitrogens with two attached hydrogens (primary N) is 1. The number of anilines is 2. The number of rotatable bonds is 6. The van der Waals surface area contributed by atoms with E-state index >= 15 is 0 Å². The molecule has 1 aromatic carbocycles. The van der Waals surface area contributed by atoms with Gasteiger partial charge in [-0.1, -0.05) is 22.0 Å². The Morgan fingerprint density at radius 1 is 1.48 bits per heavy atom. The van der Waals surface area contributed by atoms with Crippen LogP contribution in [-0.2, 0) is 0 Å². The summed E-state index contributed by atoms with van der Waals surface area (Å²) in [7, 11) is 0. The van der Waals surface area contributed by atoms with Crippen LogP contribution < -0.4 is 15.8 Å². The van der Waals surface area contributed by atoms with Gasteiger partial charge in [0.05, 0.1) is 11.5 Å². The molecule has 0 aliphatic carbocycles. The predicted molar refractivity (Wildman–Crippen MR) is 81.2 cm³/mol. The topological polar surface area (TPSA) is 116 Å². The maximum Gasteiger partial charge on any atom is 0.329 e. The first-order valence-electron chi connectivity index (χ1n) is 5.95. The molecular formula is C12H12BrN5O3. The first-order chi connectivity index (χ1) is 10.1. The molecule has 0 aliphatic rings. The summed E-state index contributed by atoms with van der Waals surface area (Å²) in [6.45, 7) is 0.820. The Morgan fingerprint density at radius 3 is 2.95 bits per heavy atom. The maximum absolute atomic E-state index is 10.6. The molecule has 0 unspecified atom stereocenters. The van der Waals surface area contributed by atoms with E-state index in [1.165, 1.54) is 0 Å². The highest BCUT2D eigenvalue weighted by Gasteiger charge is 2.13. The number of hydrogen-bond acceptors (Lipinski definition) is 7. The van der Waals surface area contributed by atoms with Gasteiger partial charge in [0.25, 0.3) is 0 Å². The van der Waals surface area contributed by atoms with Crippen molar-refractivity contribution in [3.63, 3.8) is 0 Å². The average molecular weight is 354 g/mol. The van der Waals surface area contributed by atoms with Crippen LogP contribution in [0.15, 0.2) is 34.9 Å². The van der Waals surface area contributed by atoms with Gasteiger partial charge in [0.1, 0.15) is 18.6 Å². The zero-order valence-corrected chi connectivity index (χ0v) is 12.4. The van der Waals surface area contributed by atoms with E-state index in [0.717, 1.165) is 16.4 Å². The van der Waals surface area contributed by atoms with E-state index in [1.807, 2.05) is 24.3 Å². The quantitative estimate of drug-likeness (QED) is 0.464. The number of nitrogens with zero attached hydrogens (tertiary/aromatic N) is 3. The number of hydrogen-bond donors (Lipinski definition) is 2. The highest BCUT2D eigenvalue weighted by molar-refractivity contribution is 9.10. The summed E-state index contributed by atoms with van der Waals surface area (Å²) in [5.41, 5.74) is 5.15. The van der Waals surface area contributed by atoms with Crippen molar-refractivity contribution < 1.29 is 9.66 Å². The average Bonchev–Trinajstić information content (AvgIpc) is 2.43. The van der Waals surface area contributed by atoms with Crippen molar-refractivity contribution in [1.29, 1.82) is 0 Å². The Balaban J connectivity index is 1.84. The van der Waals surface area contributed by atoms with Gasteiger partial charge in [0, 0.05) is 4.47 Å². The summed E-state index contributed by atoms with van der Waals surface area (Å²) in [5, 5.41) is 13.5. The summed E-state index contributed by atoms with van der Waals surface area (Å²) >= 11 is 3.35. The SMILES string of the molecule is Nc1nc(NCCOc2cccc(Br)c2)ncc1[N+](=O)[O-]. The summed E-state index contributed by atoms with van der Waals surface area (Å²) in [6, 6.07) is 7.46. The molecule has 0 aliphatic heterocycles. The van der Waals surface area contributed by atoms with Crippen LogP contribution in [0.5, 0.6) is 5.75 Å². The molecule has 0 spiro atoms. The van der Waals surface area contributed by atoms with Crippen LogP contribution in [0, 0.1) is 10.1 Å². The molecule has 0 bridgehead atoms. The molecule has 2 aromatic rings. The van der Waals surface area contributed by atoms with Crippen LogP contribution in [0.3, 0.4) is 0 Å². The molecule has 2 rings (SSSR count). The lowest BCUT2D eigenvalue weighted by molar-refractivity contribution is -0.384. The first kappa shape index (κ1) is 15.0. The van der Waals surface area contributed by atoms with Gasteiger partial charge in [-0.2, -0.15) is 4.98 Å². The van der Waals surface area contributed by atoms with Gasteiger partial charge in [-0.25, -0.2) is 4.98 Å². The normalized spacial score (nSPS) is 10.1. The number of benzene rings is 1. The standard InChI is InChI=1S/C12H12BrN5O3/c13-8-2-1-3-9(6-8)21-5-4-15-12-16-7-10(18(19)20)11(14)17-12/h1-3,6-7H,4-5H2,(H3,14,15,16,17). The van der Waals surface area contributed by atoms with Crippen LogP contribution in [0.1, 0.15) is 0 Å². The largest absolute Gasteiger partial charge is 0.492 e. The molecule has 0 atom stereocenters. The smallest absolute Gasteiger partial charge is 0.329 e. The van der Waals surface area contributed by atoms with E-state index in [9.17, 15) is 10.1 Å². The van der Waals surface area contributed by atoms with Crippen LogP contribution >= 0.6 is 15.9 Å². The molecule has 0 fully saturated rings. The number of aromatic nitrogens is 2. The molecule has 0 radical (unpaired) electrons. The second kappa shape index (κ2) is 6.84. The van der Waals surface area contributed by atoms with Crippen molar-refractivity contribution in [2.45, 2.75) is 0 Å². The van der Waals surface area contributed by atoms with E-state index < -0.39 is 4.92 Å². The van der Waals surface area contributed by atoms with Gasteiger partial charge in [0.2, 0.25) is 11.8 Å². The highest BCUT2D eigenvalue weighted by atomic mass is 79.9. The molecule has 1 aromatic heterocycles. The van der Waals surface area contributed by atoms with Crippen molar-refractivity contribution in [2.24, 2.45) is 0 Å². The third-order valence-corrected chi connectivity index (χ3v) is 2.94. The first-order valence-corrected chi connectivity index (χ1v) is 6.74. The Labute approximate surface area is 128 Å². The summed E-state index contributed by atoms with van der Waals surface area (Å²) < 4.78 is 6.44. The minimum Gasteiger partial charge on any atom is -0.492 e. The van der Waals surface area contributed by atoms with E-state index in [4.69, 9.17) is 10.5 Å². The molecule has 21 heavy (non-hydrogen) atoms. The number of nitrogen functional groups attached to an aromatic ring is 1. The summed E-state index contributed by atoms with van der Waals surface area (Å²) in [6.07, 6.45) is 1.07. The van der Waals surface area contributed by atoms with E-state index in [0.29, 0.717) is 13.2 Å². The molecule has 0 saturated carbocycles. The molecule has 110 valence electrons. The summed E-state index contributed by atoms with van der Waals surface area (Å²) in [5.74, 6) is 0.775. The Morgan fingerprint density at radius 2 is 2.29 bits per heavy atom. The third-order valence-electron chi connectivity index (χ3n) is 2.44. The van der Waals surface area contributed by atoms with Crippen molar-refractivity contribution in [2.75, 3.05) is 24.2 Å². The highest BCUT2D eigenvalue weighted by Crippen LogP contribution is 2.19. The molecular weight excluding hydrogens is 342 g/mol. The molecule has 1 heterocycles. The lowest BCUT2D eigenvalue weighted by atomic mass is 10.3. The van der Waals surface area contributed by atoms with Gasteiger partial charge in [0.15, 0.2) is 0 Å². The van der Waals surface area contributed by atoms with Gasteiger partial charge in [-0.3, -0.25) is 10.1 Å². The monoisotopic (exact) mass is 353 g/mol. The second-order valence-electron chi connectivity index (χ2n) is 3.95. The van der Waals surface area contributed by atoms with Crippen molar-refractivity contribution in [3.05, 3.63) is 45.0 Å². The van der Waals surface area contributed by atoms with Gasteiger partial charge < -0.3 is 15.8 Å². The van der Waals surface area contributed by atoms with E-state index in [2.05, 4.69) is 31.2 Å². The number of nitro groups is 1. The summed E-state index contributed by atoms with van der Waals surface area (Å²) in [4.78, 5) is 17.6. The number of halogens is 1. The van der Waals surface area contributed by atoms with Gasteiger partial charge in [-0.05, 0) is 18.2 Å². The van der Waals surface area contributed by atoms with Crippen LogP contribution in [-0.4, -0.2) is 28.0 Å². The molecule has 8 nitrogen and oxygen atoms in total. The van der Waals surface area contributed by atoms with Crippen LogP contribution in [0.2, 0.25) is 0 Å². The fraction of sp³-hybridized carbons (Fsp3) is 0.167. The second-order valence-corrected chi connectivity index (χ2v) is 4.87. The lowest BCUT2D eigenvalue weighted by Gasteiger charge is -2.08. The minimum absolute atomic E-state index is 0.176. The van der Waals surface area contributed by atoms with Gasteiger partial charge in [-0.15, -0.1) is 0 Å². The fourth-order valence-electron chi connectivity index (χ4n) is 1.50. The van der Waals surface area contributed by atoms with Gasteiger partial charge >= 0.3 is 5.69 Å². The molecule has 3 N–H and O–H groups in total. The minimum atomic E-state index is -0.629. The molecule has 0 saturated heterocycles. The molecule has 0 amide bonds. The lowest BCUT2D eigenvalue weighted by Crippen LogP contribution is -2.14. The Hall–Kier alpha value is -2.42. The zero-order chi connectivity index (χ0) is 15.2. The van der Waals surface area contributed by atoms with Crippen LogP contribution in [0.4, 0.5) is 17.5 Å².